The van der Waals surface area contributed by atoms with Gasteiger partial charge in [-0.25, -0.2) is 0 Å². The molecule has 0 unspecified atom stereocenters. The van der Waals surface area contributed by atoms with E-state index in [0.29, 0.717) is 13.2 Å². The Kier molecular flexibility index (Phi) is 9.11. The van der Waals surface area contributed by atoms with Crippen molar-refractivity contribution in [2.24, 2.45) is 5.41 Å². The Morgan fingerprint density at radius 3 is 2.50 bits per heavy atom. The molecule has 1 saturated heterocycles. The second-order valence-corrected chi connectivity index (χ2v) is 6.25. The molecule has 0 spiro atoms. The van der Waals surface area contributed by atoms with Crippen molar-refractivity contribution >= 4 is 18.3 Å². The summed E-state index contributed by atoms with van der Waals surface area (Å²) < 4.78 is 10.9. The van der Waals surface area contributed by atoms with Crippen LogP contribution in [0, 0.1) is 5.41 Å². The van der Waals surface area contributed by atoms with Crippen LogP contribution < -0.4 is 15.4 Å². The van der Waals surface area contributed by atoms with Gasteiger partial charge in [0.2, 0.25) is 0 Å². The summed E-state index contributed by atoms with van der Waals surface area (Å²) in [6.45, 7) is 5.42. The average Bonchev–Trinajstić information content (AvgIpc) is 2.60. The van der Waals surface area contributed by atoms with Gasteiger partial charge in [0.15, 0.2) is 6.61 Å². The number of piperidine rings is 1. The molecule has 0 aliphatic carbocycles. The zero-order valence-corrected chi connectivity index (χ0v) is 15.4. The van der Waals surface area contributed by atoms with Gasteiger partial charge in [0.05, 0.1) is 6.61 Å². The van der Waals surface area contributed by atoms with E-state index in [1.165, 1.54) is 5.56 Å². The number of methoxy groups -OCH3 is 1. The van der Waals surface area contributed by atoms with E-state index in [4.69, 9.17) is 9.47 Å². The topological polar surface area (TPSA) is 59.6 Å². The molecule has 5 nitrogen and oxygen atoms in total. The first-order chi connectivity index (χ1) is 11.2. The van der Waals surface area contributed by atoms with Gasteiger partial charge in [0.1, 0.15) is 5.75 Å². The predicted molar refractivity (Wildman–Crippen MR) is 98.0 cm³/mol. The largest absolute Gasteiger partial charge is 0.484 e. The van der Waals surface area contributed by atoms with Gasteiger partial charge < -0.3 is 20.1 Å². The molecule has 1 aliphatic heterocycles. The molecule has 1 aliphatic rings. The molecule has 1 aromatic carbocycles. The van der Waals surface area contributed by atoms with E-state index in [-0.39, 0.29) is 30.3 Å². The number of carbonyl (C=O) groups is 1. The first-order valence-corrected chi connectivity index (χ1v) is 8.35. The quantitative estimate of drug-likeness (QED) is 0.749. The Hall–Kier alpha value is -1.30. The first kappa shape index (κ1) is 20.7. The smallest absolute Gasteiger partial charge is 0.257 e. The summed E-state index contributed by atoms with van der Waals surface area (Å²) in [5.74, 6) is 0.643. The molecule has 24 heavy (non-hydrogen) atoms. The first-order valence-electron chi connectivity index (χ1n) is 8.35. The molecular weight excluding hydrogens is 328 g/mol. The summed E-state index contributed by atoms with van der Waals surface area (Å²) in [7, 11) is 1.72. The molecule has 1 fully saturated rings. The van der Waals surface area contributed by atoms with Gasteiger partial charge in [0, 0.05) is 19.1 Å². The normalized spacial score (nSPS) is 16.1. The van der Waals surface area contributed by atoms with Crippen LogP contribution in [0.3, 0.4) is 0 Å². The van der Waals surface area contributed by atoms with Crippen molar-refractivity contribution in [1.29, 1.82) is 0 Å². The molecular formula is C18H29ClN2O3. The number of hydrogen-bond donors (Lipinski definition) is 2. The fourth-order valence-corrected chi connectivity index (χ4v) is 2.94. The van der Waals surface area contributed by atoms with Crippen molar-refractivity contribution in [2.45, 2.75) is 26.2 Å². The van der Waals surface area contributed by atoms with Crippen LogP contribution in [0.2, 0.25) is 0 Å². The van der Waals surface area contributed by atoms with Crippen molar-refractivity contribution in [3.05, 3.63) is 29.8 Å². The summed E-state index contributed by atoms with van der Waals surface area (Å²) in [6, 6.07) is 7.86. The van der Waals surface area contributed by atoms with Crippen LogP contribution in [0.4, 0.5) is 0 Å². The highest BCUT2D eigenvalue weighted by atomic mass is 35.5. The standard InChI is InChI=1S/C18H28N2O3.ClH/c1-3-15-4-6-16(7-5-15)23-12-17(21)20-13-18(14-22-2)8-10-19-11-9-18;/h4-7,19H,3,8-14H2,1-2H3,(H,20,21);1H. The number of halogens is 1. The van der Waals surface area contributed by atoms with E-state index >= 15 is 0 Å². The maximum absolute atomic E-state index is 12.0. The third-order valence-corrected chi connectivity index (χ3v) is 4.48. The zero-order valence-electron chi connectivity index (χ0n) is 14.6. The maximum Gasteiger partial charge on any atom is 0.257 e. The summed E-state index contributed by atoms with van der Waals surface area (Å²) in [5, 5.41) is 6.35. The number of nitrogens with one attached hydrogen (secondary N) is 2. The third-order valence-electron chi connectivity index (χ3n) is 4.48. The van der Waals surface area contributed by atoms with E-state index in [9.17, 15) is 4.79 Å². The van der Waals surface area contributed by atoms with Crippen LogP contribution in [0.25, 0.3) is 0 Å². The van der Waals surface area contributed by atoms with E-state index in [1.807, 2.05) is 24.3 Å². The van der Waals surface area contributed by atoms with Crippen molar-refractivity contribution < 1.29 is 14.3 Å². The molecule has 0 radical (unpaired) electrons. The molecule has 2 rings (SSSR count). The van der Waals surface area contributed by atoms with Crippen molar-refractivity contribution in [3.63, 3.8) is 0 Å². The fourth-order valence-electron chi connectivity index (χ4n) is 2.94. The Labute approximate surface area is 150 Å². The molecule has 0 saturated carbocycles. The van der Waals surface area contributed by atoms with Gasteiger partial charge >= 0.3 is 0 Å². The molecule has 0 atom stereocenters. The number of ether oxygens (including phenoxy) is 2. The molecule has 1 amide bonds. The van der Waals surface area contributed by atoms with Crippen molar-refractivity contribution in [1.82, 2.24) is 10.6 Å². The number of carbonyl (C=O) groups excluding carboxylic acids is 1. The van der Waals surface area contributed by atoms with Gasteiger partial charge in [-0.2, -0.15) is 0 Å². The summed E-state index contributed by atoms with van der Waals surface area (Å²) in [6.07, 6.45) is 3.03. The SMILES string of the molecule is CCc1ccc(OCC(=O)NCC2(COC)CCNCC2)cc1.Cl. The summed E-state index contributed by atoms with van der Waals surface area (Å²) in [5.41, 5.74) is 1.30. The van der Waals surface area contributed by atoms with Crippen LogP contribution in [0.5, 0.6) is 5.75 Å². The molecule has 0 bridgehead atoms. The lowest BCUT2D eigenvalue weighted by Gasteiger charge is -2.37. The minimum Gasteiger partial charge on any atom is -0.484 e. The highest BCUT2D eigenvalue weighted by Gasteiger charge is 2.32. The van der Waals surface area contributed by atoms with Crippen LogP contribution in [0.1, 0.15) is 25.3 Å². The van der Waals surface area contributed by atoms with Crippen LogP contribution >= 0.6 is 12.4 Å². The van der Waals surface area contributed by atoms with Crippen LogP contribution in [-0.2, 0) is 16.0 Å². The van der Waals surface area contributed by atoms with Crippen LogP contribution in [0.15, 0.2) is 24.3 Å². The van der Waals surface area contributed by atoms with Gasteiger partial charge in [-0.05, 0) is 50.0 Å². The maximum atomic E-state index is 12.0. The monoisotopic (exact) mass is 356 g/mol. The lowest BCUT2D eigenvalue weighted by Crippen LogP contribution is -2.47. The van der Waals surface area contributed by atoms with Gasteiger partial charge in [0.25, 0.3) is 5.91 Å². The number of amides is 1. The van der Waals surface area contributed by atoms with Crippen molar-refractivity contribution in [3.8, 4) is 5.75 Å². The number of aryl methyl sites for hydroxylation is 1. The number of benzene rings is 1. The molecule has 2 N–H and O–H groups in total. The Morgan fingerprint density at radius 1 is 1.25 bits per heavy atom. The van der Waals surface area contributed by atoms with E-state index < -0.39 is 0 Å². The second-order valence-electron chi connectivity index (χ2n) is 6.25. The number of rotatable bonds is 8. The molecule has 1 heterocycles. The van der Waals surface area contributed by atoms with Crippen molar-refractivity contribution in [2.75, 3.05) is 40.0 Å². The highest BCUT2D eigenvalue weighted by Crippen LogP contribution is 2.28. The lowest BCUT2D eigenvalue weighted by molar-refractivity contribution is -0.124. The minimum absolute atomic E-state index is 0. The zero-order chi connectivity index (χ0) is 16.5. The second kappa shape index (κ2) is 10.5. The Balaban J connectivity index is 0.00000288. The fraction of sp³-hybridized carbons (Fsp3) is 0.611. The third kappa shape index (κ3) is 6.30. The van der Waals surface area contributed by atoms with Gasteiger partial charge in [-0.15, -0.1) is 12.4 Å². The Bertz CT molecular complexity index is 482. The minimum atomic E-state index is -0.0846. The van der Waals surface area contributed by atoms with E-state index in [1.54, 1.807) is 7.11 Å². The number of hydrogen-bond acceptors (Lipinski definition) is 4. The van der Waals surface area contributed by atoms with Crippen LogP contribution in [-0.4, -0.2) is 45.9 Å². The summed E-state index contributed by atoms with van der Waals surface area (Å²) >= 11 is 0. The van der Waals surface area contributed by atoms with E-state index in [2.05, 4.69) is 17.6 Å². The average molecular weight is 357 g/mol. The molecule has 0 aromatic heterocycles. The molecule has 1 aromatic rings. The molecule has 6 heteroatoms. The highest BCUT2D eigenvalue weighted by molar-refractivity contribution is 5.85. The van der Waals surface area contributed by atoms with Gasteiger partial charge in [-0.3, -0.25) is 4.79 Å². The lowest BCUT2D eigenvalue weighted by atomic mass is 9.79. The van der Waals surface area contributed by atoms with Gasteiger partial charge in [-0.1, -0.05) is 19.1 Å². The predicted octanol–water partition coefficient (Wildman–Crippen LogP) is 2.18. The summed E-state index contributed by atoms with van der Waals surface area (Å²) in [4.78, 5) is 12.0. The Morgan fingerprint density at radius 2 is 1.92 bits per heavy atom. The van der Waals surface area contributed by atoms with E-state index in [0.717, 1.165) is 38.1 Å². The molecule has 136 valence electrons.